The number of nitrogens with zero attached hydrogens (tertiary/aromatic N) is 3. The van der Waals surface area contributed by atoms with Gasteiger partial charge in [0.25, 0.3) is 5.91 Å². The van der Waals surface area contributed by atoms with Gasteiger partial charge in [-0.3, -0.25) is 4.79 Å². The lowest BCUT2D eigenvalue weighted by Gasteiger charge is -2.25. The third kappa shape index (κ3) is 5.42. The molecule has 0 spiro atoms. The van der Waals surface area contributed by atoms with Gasteiger partial charge >= 0.3 is 0 Å². The molecule has 130 valence electrons. The summed E-state index contributed by atoms with van der Waals surface area (Å²) in [5.41, 5.74) is 0.877. The van der Waals surface area contributed by atoms with E-state index in [0.29, 0.717) is 13.0 Å². The van der Waals surface area contributed by atoms with Crippen LogP contribution in [-0.2, 0) is 6.54 Å². The van der Waals surface area contributed by atoms with Crippen molar-refractivity contribution in [2.24, 2.45) is 5.41 Å². The summed E-state index contributed by atoms with van der Waals surface area (Å²) in [6.07, 6.45) is 2.15. The van der Waals surface area contributed by atoms with Gasteiger partial charge in [0.2, 0.25) is 0 Å². The molecule has 1 amide bonds. The topological polar surface area (TPSA) is 80.0 Å². The van der Waals surface area contributed by atoms with Crippen LogP contribution >= 0.6 is 0 Å². The van der Waals surface area contributed by atoms with E-state index >= 15 is 0 Å². The Kier molecular flexibility index (Phi) is 5.66. The van der Waals surface area contributed by atoms with E-state index < -0.39 is 0 Å². The lowest BCUT2D eigenvalue weighted by molar-refractivity contribution is 0.0892. The van der Waals surface area contributed by atoms with Crippen molar-refractivity contribution in [2.45, 2.75) is 39.8 Å². The first-order valence-corrected chi connectivity index (χ1v) is 7.83. The Balaban J connectivity index is 2.00. The van der Waals surface area contributed by atoms with Gasteiger partial charge in [0.15, 0.2) is 5.69 Å². The fraction of sp³-hybridized carbons (Fsp3) is 0.471. The second-order valence-electron chi connectivity index (χ2n) is 7.05. The molecule has 0 aliphatic carbocycles. The van der Waals surface area contributed by atoms with Gasteiger partial charge in [-0.05, 0) is 29.5 Å². The van der Waals surface area contributed by atoms with Crippen LogP contribution in [0.4, 0.5) is 4.39 Å². The highest BCUT2D eigenvalue weighted by atomic mass is 19.1. The summed E-state index contributed by atoms with van der Waals surface area (Å²) in [6.45, 7) is 6.30. The second kappa shape index (κ2) is 7.53. The summed E-state index contributed by atoms with van der Waals surface area (Å²) in [5, 5.41) is 19.9. The van der Waals surface area contributed by atoms with Gasteiger partial charge in [-0.2, -0.15) is 0 Å². The van der Waals surface area contributed by atoms with Crippen molar-refractivity contribution in [3.63, 3.8) is 0 Å². The van der Waals surface area contributed by atoms with Crippen LogP contribution in [0.15, 0.2) is 30.5 Å². The second-order valence-corrected chi connectivity index (χ2v) is 7.05. The number of amides is 1. The summed E-state index contributed by atoms with van der Waals surface area (Å²) < 4.78 is 14.7. The molecule has 1 aromatic carbocycles. The van der Waals surface area contributed by atoms with E-state index in [4.69, 9.17) is 0 Å². The first-order valence-electron chi connectivity index (χ1n) is 7.83. The number of aliphatic hydroxyl groups excluding tert-OH is 1. The maximum absolute atomic E-state index is 13.2. The molecule has 0 saturated heterocycles. The number of aromatic nitrogens is 3. The van der Waals surface area contributed by atoms with Crippen LogP contribution in [0, 0.1) is 11.2 Å². The Morgan fingerprint density at radius 1 is 1.42 bits per heavy atom. The van der Waals surface area contributed by atoms with E-state index in [1.165, 1.54) is 23.0 Å². The number of hydrogen-bond acceptors (Lipinski definition) is 4. The van der Waals surface area contributed by atoms with Gasteiger partial charge in [0.1, 0.15) is 5.82 Å². The zero-order chi connectivity index (χ0) is 17.7. The maximum Gasteiger partial charge on any atom is 0.273 e. The minimum Gasteiger partial charge on any atom is -0.394 e. The largest absolute Gasteiger partial charge is 0.394 e. The zero-order valence-corrected chi connectivity index (χ0v) is 14.2. The predicted octanol–water partition coefficient (Wildman–Crippen LogP) is 1.99. The summed E-state index contributed by atoms with van der Waals surface area (Å²) in [7, 11) is 0. The van der Waals surface area contributed by atoms with Gasteiger partial charge in [-0.15, -0.1) is 5.10 Å². The predicted molar refractivity (Wildman–Crippen MR) is 87.9 cm³/mol. The van der Waals surface area contributed by atoms with E-state index in [2.05, 4.69) is 15.6 Å². The zero-order valence-electron chi connectivity index (χ0n) is 14.2. The third-order valence-electron chi connectivity index (χ3n) is 3.42. The molecular weight excluding hydrogens is 311 g/mol. The molecule has 6 nitrogen and oxygen atoms in total. The van der Waals surface area contributed by atoms with Crippen LogP contribution in [0.25, 0.3) is 0 Å². The SMILES string of the molecule is CC(C)(C)CC(CO)NC(=O)c1cn(Cc2cccc(F)c2)nn1. The minimum absolute atomic E-state index is 0.0182. The van der Waals surface area contributed by atoms with Crippen LogP contribution in [0.1, 0.15) is 43.2 Å². The van der Waals surface area contributed by atoms with E-state index in [1.807, 2.05) is 20.8 Å². The van der Waals surface area contributed by atoms with Gasteiger partial charge in [-0.25, -0.2) is 9.07 Å². The molecule has 0 radical (unpaired) electrons. The Morgan fingerprint density at radius 2 is 2.17 bits per heavy atom. The first-order chi connectivity index (χ1) is 11.3. The molecular formula is C17H23FN4O2. The average Bonchev–Trinajstić information content (AvgIpc) is 2.93. The van der Waals surface area contributed by atoms with Crippen molar-refractivity contribution in [3.05, 3.63) is 47.5 Å². The number of carbonyl (C=O) groups is 1. The summed E-state index contributed by atoms with van der Waals surface area (Å²) >= 11 is 0. The van der Waals surface area contributed by atoms with E-state index in [0.717, 1.165) is 5.56 Å². The molecule has 0 saturated carbocycles. The van der Waals surface area contributed by atoms with Gasteiger partial charge in [-0.1, -0.05) is 38.1 Å². The van der Waals surface area contributed by atoms with Crippen molar-refractivity contribution in [1.82, 2.24) is 20.3 Å². The minimum atomic E-state index is -0.385. The molecule has 0 bridgehead atoms. The van der Waals surface area contributed by atoms with Crippen LogP contribution in [-0.4, -0.2) is 38.7 Å². The number of carbonyl (C=O) groups excluding carboxylic acids is 1. The number of nitrogens with one attached hydrogen (secondary N) is 1. The van der Waals surface area contributed by atoms with Gasteiger partial charge in [0.05, 0.1) is 25.4 Å². The standard InChI is InChI=1S/C17H23FN4O2/c1-17(2,3)8-14(11-23)19-16(24)15-10-22(21-20-15)9-12-5-4-6-13(18)7-12/h4-7,10,14,23H,8-9,11H2,1-3H3,(H,19,24). The van der Waals surface area contributed by atoms with Crippen molar-refractivity contribution in [1.29, 1.82) is 0 Å². The Hall–Kier alpha value is -2.28. The quantitative estimate of drug-likeness (QED) is 0.847. The molecule has 1 aromatic heterocycles. The lowest BCUT2D eigenvalue weighted by Crippen LogP contribution is -2.40. The van der Waals surface area contributed by atoms with Crippen LogP contribution in [0.3, 0.4) is 0 Å². The molecule has 0 aliphatic rings. The molecule has 2 N–H and O–H groups in total. The first kappa shape index (κ1) is 18.1. The molecule has 24 heavy (non-hydrogen) atoms. The van der Waals surface area contributed by atoms with E-state index in [-0.39, 0.29) is 35.5 Å². The Labute approximate surface area is 140 Å². The fourth-order valence-corrected chi connectivity index (χ4v) is 2.46. The highest BCUT2D eigenvalue weighted by Gasteiger charge is 2.21. The Morgan fingerprint density at radius 3 is 2.79 bits per heavy atom. The fourth-order valence-electron chi connectivity index (χ4n) is 2.46. The molecule has 1 heterocycles. The molecule has 1 atom stereocenters. The molecule has 0 fully saturated rings. The number of rotatable bonds is 6. The highest BCUT2D eigenvalue weighted by molar-refractivity contribution is 5.92. The number of hydrogen-bond donors (Lipinski definition) is 2. The van der Waals surface area contributed by atoms with Crippen molar-refractivity contribution in [3.8, 4) is 0 Å². The molecule has 2 rings (SSSR count). The van der Waals surface area contributed by atoms with Gasteiger partial charge < -0.3 is 10.4 Å². The third-order valence-corrected chi connectivity index (χ3v) is 3.42. The maximum atomic E-state index is 13.2. The van der Waals surface area contributed by atoms with Gasteiger partial charge in [0, 0.05) is 0 Å². The van der Waals surface area contributed by atoms with Crippen molar-refractivity contribution < 1.29 is 14.3 Å². The number of aliphatic hydroxyl groups is 1. The Bertz CT molecular complexity index is 694. The molecule has 1 unspecified atom stereocenters. The monoisotopic (exact) mass is 334 g/mol. The molecule has 7 heteroatoms. The van der Waals surface area contributed by atoms with E-state index in [1.54, 1.807) is 12.1 Å². The van der Waals surface area contributed by atoms with Crippen LogP contribution < -0.4 is 5.32 Å². The summed E-state index contributed by atoms with van der Waals surface area (Å²) in [5.74, 6) is -0.706. The smallest absolute Gasteiger partial charge is 0.273 e. The normalized spacial score (nSPS) is 12.9. The van der Waals surface area contributed by atoms with Crippen LogP contribution in [0.5, 0.6) is 0 Å². The van der Waals surface area contributed by atoms with E-state index in [9.17, 15) is 14.3 Å². The summed E-state index contributed by atoms with van der Waals surface area (Å²) in [6, 6.07) is 5.83. The lowest BCUT2D eigenvalue weighted by atomic mass is 9.88. The number of halogens is 1. The summed E-state index contributed by atoms with van der Waals surface area (Å²) in [4.78, 5) is 12.2. The molecule has 2 aromatic rings. The van der Waals surface area contributed by atoms with Crippen molar-refractivity contribution >= 4 is 5.91 Å². The average molecular weight is 334 g/mol. The van der Waals surface area contributed by atoms with Crippen LogP contribution in [0.2, 0.25) is 0 Å². The van der Waals surface area contributed by atoms with Crippen molar-refractivity contribution in [2.75, 3.05) is 6.61 Å². The highest BCUT2D eigenvalue weighted by Crippen LogP contribution is 2.20. The number of benzene rings is 1. The molecule has 0 aliphatic heterocycles.